The summed E-state index contributed by atoms with van der Waals surface area (Å²) in [6, 6.07) is 0. The van der Waals surface area contributed by atoms with Crippen LogP contribution in [0.4, 0.5) is 0 Å². The van der Waals surface area contributed by atoms with Gasteiger partial charge in [-0.15, -0.1) is 11.3 Å². The van der Waals surface area contributed by atoms with Crippen molar-refractivity contribution in [3.05, 3.63) is 16.6 Å². The predicted octanol–water partition coefficient (Wildman–Crippen LogP) is 2.00. The maximum Gasteiger partial charge on any atom is 0.222 e. The van der Waals surface area contributed by atoms with Gasteiger partial charge in [0.25, 0.3) is 0 Å². The van der Waals surface area contributed by atoms with E-state index >= 15 is 0 Å². The van der Waals surface area contributed by atoms with Crippen LogP contribution in [0.5, 0.6) is 0 Å². The SMILES string of the molecule is CC1(C)OC[C@@H]([C@H]2OC(C)(C)O[C@@H]2C(=O)c2nccs2)O1. The van der Waals surface area contributed by atoms with Gasteiger partial charge in [0.2, 0.25) is 5.78 Å². The van der Waals surface area contributed by atoms with Crippen molar-refractivity contribution < 1.29 is 23.7 Å². The van der Waals surface area contributed by atoms with E-state index in [4.69, 9.17) is 18.9 Å². The van der Waals surface area contributed by atoms with Gasteiger partial charge in [-0.3, -0.25) is 4.79 Å². The first-order chi connectivity index (χ1) is 9.77. The lowest BCUT2D eigenvalue weighted by atomic mass is 10.1. The van der Waals surface area contributed by atoms with Gasteiger partial charge in [-0.2, -0.15) is 0 Å². The third kappa shape index (κ3) is 3.02. The van der Waals surface area contributed by atoms with Gasteiger partial charge in [0, 0.05) is 11.6 Å². The maximum absolute atomic E-state index is 12.6. The first-order valence-corrected chi connectivity index (χ1v) is 7.76. The number of Topliss-reactive ketones (excluding diaryl/α,β-unsaturated/α-hetero) is 1. The molecule has 0 spiro atoms. The van der Waals surface area contributed by atoms with Crippen LogP contribution < -0.4 is 0 Å². The lowest BCUT2D eigenvalue weighted by Gasteiger charge is -2.23. The first kappa shape index (κ1) is 15.1. The summed E-state index contributed by atoms with van der Waals surface area (Å²) in [7, 11) is 0. The van der Waals surface area contributed by atoms with Crippen molar-refractivity contribution in [2.45, 2.75) is 57.6 Å². The van der Waals surface area contributed by atoms with E-state index in [9.17, 15) is 4.79 Å². The van der Waals surface area contributed by atoms with Gasteiger partial charge in [0.1, 0.15) is 12.2 Å². The van der Waals surface area contributed by atoms with Gasteiger partial charge in [-0.1, -0.05) is 0 Å². The molecule has 2 aliphatic heterocycles. The molecular weight excluding hydrogens is 294 g/mol. The van der Waals surface area contributed by atoms with E-state index in [1.54, 1.807) is 25.4 Å². The van der Waals surface area contributed by atoms with Crippen LogP contribution in [-0.4, -0.2) is 47.3 Å². The van der Waals surface area contributed by atoms with Crippen molar-refractivity contribution in [3.8, 4) is 0 Å². The molecule has 3 atom stereocenters. The van der Waals surface area contributed by atoms with Crippen molar-refractivity contribution in [2.75, 3.05) is 6.61 Å². The van der Waals surface area contributed by atoms with Gasteiger partial charge < -0.3 is 18.9 Å². The van der Waals surface area contributed by atoms with E-state index in [0.717, 1.165) is 0 Å². The molecule has 21 heavy (non-hydrogen) atoms. The molecule has 0 bridgehead atoms. The lowest BCUT2D eigenvalue weighted by molar-refractivity contribution is -0.174. The van der Waals surface area contributed by atoms with Crippen LogP contribution in [0.25, 0.3) is 0 Å². The molecular formula is C14H19NO5S. The maximum atomic E-state index is 12.6. The Balaban J connectivity index is 1.82. The van der Waals surface area contributed by atoms with Gasteiger partial charge in [-0.25, -0.2) is 4.98 Å². The van der Waals surface area contributed by atoms with Gasteiger partial charge >= 0.3 is 0 Å². The minimum absolute atomic E-state index is 0.172. The number of hydrogen-bond donors (Lipinski definition) is 0. The zero-order valence-electron chi connectivity index (χ0n) is 12.5. The summed E-state index contributed by atoms with van der Waals surface area (Å²) in [5.74, 6) is -1.68. The van der Waals surface area contributed by atoms with Gasteiger partial charge in [-0.05, 0) is 27.7 Å². The minimum Gasteiger partial charge on any atom is -0.348 e. The van der Waals surface area contributed by atoms with E-state index in [-0.39, 0.29) is 11.9 Å². The van der Waals surface area contributed by atoms with Gasteiger partial charge in [0.05, 0.1) is 6.61 Å². The molecule has 3 heterocycles. The normalized spacial score (nSPS) is 34.2. The fourth-order valence-electron chi connectivity index (χ4n) is 2.61. The number of carbonyl (C=O) groups excluding carboxylic acids is 1. The number of rotatable bonds is 3. The summed E-state index contributed by atoms with van der Waals surface area (Å²) >= 11 is 1.29. The molecule has 1 aromatic rings. The molecule has 0 radical (unpaired) electrons. The van der Waals surface area contributed by atoms with Crippen LogP contribution in [0.3, 0.4) is 0 Å². The number of hydrogen-bond acceptors (Lipinski definition) is 7. The highest BCUT2D eigenvalue weighted by molar-refractivity contribution is 7.11. The van der Waals surface area contributed by atoms with Crippen molar-refractivity contribution in [1.29, 1.82) is 0 Å². The molecule has 116 valence electrons. The van der Waals surface area contributed by atoms with Crippen molar-refractivity contribution in [3.63, 3.8) is 0 Å². The predicted molar refractivity (Wildman–Crippen MR) is 75.2 cm³/mol. The fourth-order valence-corrected chi connectivity index (χ4v) is 3.21. The highest BCUT2D eigenvalue weighted by Crippen LogP contribution is 2.36. The summed E-state index contributed by atoms with van der Waals surface area (Å²) < 4.78 is 23.1. The second kappa shape index (κ2) is 5.10. The molecule has 0 N–H and O–H groups in total. The topological polar surface area (TPSA) is 66.9 Å². The number of ketones is 1. The second-order valence-corrected chi connectivity index (χ2v) is 6.98. The highest BCUT2D eigenvalue weighted by atomic mass is 32.1. The Morgan fingerprint density at radius 1 is 1.24 bits per heavy atom. The van der Waals surface area contributed by atoms with Crippen LogP contribution in [0.15, 0.2) is 11.6 Å². The standard InChI is InChI=1S/C14H19NO5S/c1-13(2)17-7-8(18-13)10-11(20-14(3,4)19-10)9(16)12-15-5-6-21-12/h5-6,8,10-11H,7H2,1-4H3/t8-,10+,11+/m0/s1. The molecule has 3 rings (SSSR count). The number of ether oxygens (including phenoxy) is 4. The Bertz CT molecular complexity index is 527. The Morgan fingerprint density at radius 3 is 2.57 bits per heavy atom. The monoisotopic (exact) mass is 313 g/mol. The molecule has 7 heteroatoms. The lowest BCUT2D eigenvalue weighted by Crippen LogP contribution is -2.42. The molecule has 2 aliphatic rings. The van der Waals surface area contributed by atoms with E-state index in [1.807, 2.05) is 13.8 Å². The van der Waals surface area contributed by atoms with E-state index in [1.165, 1.54) is 11.3 Å². The summed E-state index contributed by atoms with van der Waals surface area (Å²) in [6.07, 6.45) is 0.0362. The quantitative estimate of drug-likeness (QED) is 0.795. The van der Waals surface area contributed by atoms with E-state index in [2.05, 4.69) is 4.98 Å². The van der Waals surface area contributed by atoms with Crippen LogP contribution in [0, 0.1) is 0 Å². The summed E-state index contributed by atoms with van der Waals surface area (Å²) in [6.45, 7) is 7.63. The average molecular weight is 313 g/mol. The first-order valence-electron chi connectivity index (χ1n) is 6.88. The number of aromatic nitrogens is 1. The Morgan fingerprint density at radius 2 is 2.00 bits per heavy atom. The third-order valence-electron chi connectivity index (χ3n) is 3.43. The molecule has 0 saturated carbocycles. The molecule has 0 aliphatic carbocycles. The Hall–Kier alpha value is -0.860. The van der Waals surface area contributed by atoms with Crippen LogP contribution >= 0.6 is 11.3 Å². The Kier molecular flexibility index (Phi) is 3.66. The average Bonchev–Trinajstić information content (AvgIpc) is 3.06. The number of thiazole rings is 1. The van der Waals surface area contributed by atoms with Crippen molar-refractivity contribution in [2.24, 2.45) is 0 Å². The van der Waals surface area contributed by atoms with Crippen LogP contribution in [0.2, 0.25) is 0 Å². The van der Waals surface area contributed by atoms with E-state index in [0.29, 0.717) is 11.6 Å². The molecule has 0 aromatic carbocycles. The molecule has 0 unspecified atom stereocenters. The summed E-state index contributed by atoms with van der Waals surface area (Å²) in [5, 5.41) is 2.19. The molecule has 1 aromatic heterocycles. The molecule has 2 saturated heterocycles. The summed E-state index contributed by atoms with van der Waals surface area (Å²) in [4.78, 5) is 16.6. The van der Waals surface area contributed by atoms with Crippen LogP contribution in [-0.2, 0) is 18.9 Å². The number of nitrogens with zero attached hydrogens (tertiary/aromatic N) is 1. The smallest absolute Gasteiger partial charge is 0.222 e. The zero-order chi connectivity index (χ0) is 15.3. The van der Waals surface area contributed by atoms with Crippen molar-refractivity contribution >= 4 is 17.1 Å². The third-order valence-corrected chi connectivity index (χ3v) is 4.22. The van der Waals surface area contributed by atoms with E-state index < -0.39 is 23.8 Å². The molecule has 0 amide bonds. The minimum atomic E-state index is -0.835. The zero-order valence-corrected chi connectivity index (χ0v) is 13.3. The number of carbonyl (C=O) groups is 1. The van der Waals surface area contributed by atoms with Crippen molar-refractivity contribution in [1.82, 2.24) is 4.98 Å². The highest BCUT2D eigenvalue weighted by Gasteiger charge is 2.52. The molecule has 6 nitrogen and oxygen atoms in total. The summed E-state index contributed by atoms with van der Waals surface area (Å²) in [5.41, 5.74) is 0. The fraction of sp³-hybridized carbons (Fsp3) is 0.714. The molecule has 2 fully saturated rings. The second-order valence-electron chi connectivity index (χ2n) is 6.09. The largest absolute Gasteiger partial charge is 0.348 e. The van der Waals surface area contributed by atoms with Gasteiger partial charge in [0.15, 0.2) is 22.7 Å². The van der Waals surface area contributed by atoms with Crippen LogP contribution in [0.1, 0.15) is 37.5 Å². The Labute approximate surface area is 127 Å².